The number of aliphatic hydroxyl groups excluding tert-OH is 1. The van der Waals surface area contributed by atoms with Crippen molar-refractivity contribution in [1.82, 2.24) is 94.6 Å². The molecule has 0 saturated heterocycles. The number of nitrogens with one attached hydrogen (secondary N) is 5. The van der Waals surface area contributed by atoms with E-state index in [1.165, 1.54) is 18.6 Å². The van der Waals surface area contributed by atoms with Crippen molar-refractivity contribution in [2.45, 2.75) is 47.1 Å². The van der Waals surface area contributed by atoms with Gasteiger partial charge in [-0.2, -0.15) is 0 Å². The highest BCUT2D eigenvalue weighted by Crippen LogP contribution is 2.28. The number of para-hydroxylation sites is 1. The second kappa shape index (κ2) is 36.6. The number of amides is 1. The lowest BCUT2D eigenvalue weighted by molar-refractivity contribution is 0.102. The number of nitrogen functional groups attached to an aromatic ring is 5. The number of imidazole rings is 4. The molecule has 0 unspecified atom stereocenters. The van der Waals surface area contributed by atoms with E-state index in [0.29, 0.717) is 112 Å². The summed E-state index contributed by atoms with van der Waals surface area (Å²) in [6, 6.07) is 32.9. The number of nitrogens with two attached hydrogens (primary N) is 5. The Kier molecular flexibility index (Phi) is 26.0. The van der Waals surface area contributed by atoms with E-state index in [4.69, 9.17) is 43.2 Å². The number of aromatic nitrogens is 18. The molecule has 14 aromatic rings. The molecular formula is C80H99N25O5. The first-order valence-electron chi connectivity index (χ1n) is 33.9. The fourth-order valence-electron chi connectivity index (χ4n) is 9.94. The van der Waals surface area contributed by atoms with E-state index in [9.17, 15) is 9.90 Å². The average Bonchev–Trinajstić information content (AvgIpc) is 1.67. The summed E-state index contributed by atoms with van der Waals surface area (Å²) in [5.74, 6) is 25.4. The minimum Gasteiger partial charge on any atom is -0.384 e. The SMILES string of the molecule is CC(C)(O)C#Cc1cnc(N)c(C(=O)Nc2ccccc2)n1.COC/C=C/c1cnc(N)c(-c2nc3ccc(C)cc3[nH]2)n1.COCC#Cc1cnc(N)c(-c2nc3ccc(C)cc3[nH]2)n1.Cc1ccc2nc(-c3nc(C#CCN(C)C)cnc3N)[nH]c2c1.Cc1ccc2nc(-c3nc(C#CCO)cnc3N)[nH]c2c1.[HH].[HH].[HH].[HH].[HH].[HH].[HH].[HH].[HH].[HH]. The molecule has 0 spiro atoms. The van der Waals surface area contributed by atoms with E-state index in [1.54, 1.807) is 64.7 Å². The van der Waals surface area contributed by atoms with Gasteiger partial charge in [0, 0.05) is 34.2 Å². The molecule has 0 aliphatic carbocycles. The van der Waals surface area contributed by atoms with E-state index >= 15 is 0 Å². The third-order valence-corrected chi connectivity index (χ3v) is 15.1. The Morgan fingerprint density at radius 1 is 0.509 bits per heavy atom. The van der Waals surface area contributed by atoms with Gasteiger partial charge >= 0.3 is 0 Å². The topological polar surface area (TPSA) is 465 Å². The second-order valence-electron chi connectivity index (χ2n) is 25.1. The van der Waals surface area contributed by atoms with Crippen LogP contribution in [0, 0.1) is 75.1 Å². The number of aliphatic hydroxyl groups is 2. The van der Waals surface area contributed by atoms with Gasteiger partial charge in [0.05, 0.1) is 94.0 Å². The molecule has 0 aliphatic heterocycles. The Labute approximate surface area is 647 Å². The van der Waals surface area contributed by atoms with Gasteiger partial charge in [0.2, 0.25) is 0 Å². The van der Waals surface area contributed by atoms with Crippen LogP contribution in [0.25, 0.3) is 96.3 Å². The van der Waals surface area contributed by atoms with Gasteiger partial charge in [-0.25, -0.2) is 69.8 Å². The average molecular weight is 1490 g/mol. The van der Waals surface area contributed by atoms with E-state index in [-0.39, 0.29) is 43.9 Å². The van der Waals surface area contributed by atoms with Crippen LogP contribution in [0.4, 0.5) is 34.8 Å². The summed E-state index contributed by atoms with van der Waals surface area (Å²) in [4.78, 5) is 87.5. The Hall–Kier alpha value is -14.4. The zero-order valence-electron chi connectivity index (χ0n) is 61.9. The molecule has 30 nitrogen and oxygen atoms in total. The molecule has 0 saturated carbocycles. The van der Waals surface area contributed by atoms with Crippen molar-refractivity contribution in [1.29, 1.82) is 0 Å². The van der Waals surface area contributed by atoms with Crippen molar-refractivity contribution in [3.63, 3.8) is 0 Å². The number of ether oxygens (including phenoxy) is 2. The lowest BCUT2D eigenvalue weighted by Gasteiger charge is -2.07. The van der Waals surface area contributed by atoms with Gasteiger partial charge < -0.3 is 73.6 Å². The molecule has 9 aromatic heterocycles. The maximum atomic E-state index is 12.2. The zero-order chi connectivity index (χ0) is 78.4. The highest BCUT2D eigenvalue weighted by molar-refractivity contribution is 6.05. The molecule has 574 valence electrons. The molecule has 110 heavy (non-hydrogen) atoms. The molecule has 5 aromatic carbocycles. The zero-order valence-corrected chi connectivity index (χ0v) is 61.9. The van der Waals surface area contributed by atoms with E-state index in [0.717, 1.165) is 66.4 Å². The van der Waals surface area contributed by atoms with Crippen molar-refractivity contribution in [2.24, 2.45) is 0 Å². The van der Waals surface area contributed by atoms with Crippen LogP contribution in [0.3, 0.4) is 0 Å². The summed E-state index contributed by atoms with van der Waals surface area (Å²) < 4.78 is 9.86. The Bertz CT molecular complexity index is 5980. The maximum absolute atomic E-state index is 12.2. The fourth-order valence-corrected chi connectivity index (χ4v) is 9.94. The predicted molar refractivity (Wildman–Crippen MR) is 449 cm³/mol. The van der Waals surface area contributed by atoms with E-state index < -0.39 is 11.5 Å². The Morgan fingerprint density at radius 3 is 1.30 bits per heavy atom. The van der Waals surface area contributed by atoms with Crippen LogP contribution in [0.15, 0.2) is 140 Å². The van der Waals surface area contributed by atoms with Crippen molar-refractivity contribution < 1.29 is 38.7 Å². The number of nitrogens with zero attached hydrogens (tertiary/aromatic N) is 15. The predicted octanol–water partition coefficient (Wildman–Crippen LogP) is 11.4. The lowest BCUT2D eigenvalue weighted by Crippen LogP contribution is -2.18. The van der Waals surface area contributed by atoms with Crippen LogP contribution in [-0.4, -0.2) is 171 Å². The highest BCUT2D eigenvalue weighted by atomic mass is 16.5. The number of H-pyrrole nitrogens is 4. The number of fused-ring (bicyclic) bond motifs is 4. The summed E-state index contributed by atoms with van der Waals surface area (Å²) in [5, 5.41) is 21.0. The number of methoxy groups -OCH3 is 2. The van der Waals surface area contributed by atoms with Gasteiger partial charge in [-0.15, -0.1) is 0 Å². The number of carbonyl (C=O) groups excluding carboxylic acids is 1. The maximum Gasteiger partial charge on any atom is 0.278 e. The minimum atomic E-state index is -1.16. The number of aryl methyl sites for hydroxylation is 4. The molecular weight excluding hydrogens is 1390 g/mol. The molecule has 17 N–H and O–H groups in total. The summed E-state index contributed by atoms with van der Waals surface area (Å²) >= 11 is 0. The number of rotatable bonds is 11. The van der Waals surface area contributed by atoms with E-state index in [1.807, 2.05) is 138 Å². The van der Waals surface area contributed by atoms with Gasteiger partial charge in [0.15, 0.2) is 58.1 Å². The largest absolute Gasteiger partial charge is 0.384 e. The van der Waals surface area contributed by atoms with Gasteiger partial charge in [-0.3, -0.25) is 9.69 Å². The molecule has 14 rings (SSSR count). The number of aromatic amines is 4. The monoisotopic (exact) mass is 1490 g/mol. The van der Waals surface area contributed by atoms with Crippen LogP contribution >= 0.6 is 0 Å². The molecule has 9 heterocycles. The lowest BCUT2D eigenvalue weighted by atomic mass is 10.1. The third-order valence-electron chi connectivity index (χ3n) is 15.1. The smallest absolute Gasteiger partial charge is 0.278 e. The van der Waals surface area contributed by atoms with Crippen LogP contribution in [0.1, 0.15) is 89.3 Å². The number of carbonyl (C=O) groups is 1. The molecule has 0 atom stereocenters. The van der Waals surface area contributed by atoms with Gasteiger partial charge in [0.25, 0.3) is 5.91 Å². The van der Waals surface area contributed by atoms with Crippen molar-refractivity contribution in [2.75, 3.05) is 88.7 Å². The Morgan fingerprint density at radius 2 is 0.900 bits per heavy atom. The fraction of sp³-hybridized carbons (Fsp3) is 0.188. The molecule has 0 fully saturated rings. The van der Waals surface area contributed by atoms with Gasteiger partial charge in [0.1, 0.15) is 64.4 Å². The molecule has 30 heteroatoms. The number of anilines is 6. The molecule has 1 amide bonds. The van der Waals surface area contributed by atoms with Crippen LogP contribution in [-0.2, 0) is 9.47 Å². The first-order chi connectivity index (χ1) is 52.9. The van der Waals surface area contributed by atoms with Crippen molar-refractivity contribution in [3.05, 3.63) is 197 Å². The quantitative estimate of drug-likeness (QED) is 0.0535. The summed E-state index contributed by atoms with van der Waals surface area (Å²) in [6.45, 7) is 12.5. The summed E-state index contributed by atoms with van der Waals surface area (Å²) in [7, 11) is 7.16. The molecule has 0 radical (unpaired) electrons. The first-order valence-corrected chi connectivity index (χ1v) is 33.9. The van der Waals surface area contributed by atoms with Crippen LogP contribution in [0.2, 0.25) is 0 Å². The Balaban J connectivity index is 0.00000145. The summed E-state index contributed by atoms with van der Waals surface area (Å²) in [6.07, 6.45) is 11.3. The first kappa shape index (κ1) is 78.2. The highest BCUT2D eigenvalue weighted by Gasteiger charge is 2.19. The van der Waals surface area contributed by atoms with Crippen molar-refractivity contribution >= 4 is 90.9 Å². The minimum absolute atomic E-state index is 0. The molecule has 0 aliphatic rings. The molecule has 0 bridgehead atoms. The van der Waals surface area contributed by atoms with Crippen LogP contribution in [0.5, 0.6) is 0 Å². The van der Waals surface area contributed by atoms with E-state index in [2.05, 4.69) is 142 Å². The van der Waals surface area contributed by atoms with Crippen LogP contribution < -0.4 is 34.0 Å². The standard InChI is InChI=1S/C17H18N6.C16H17N5O.C16H15N5O.C16H16N4O2.C15H13N5O.10H2/c1-11-6-7-13-14(9-11)22-17(21-13)15-16(18)19-10-12(20-15)5-4-8-23(2)3;2*1-10-5-6-12-13(8-10)21-16(20-12)14-15(17)18-9-11(19-14)4-3-7-22-2;1-16(2,22)9-8-12-10-18-14(17)13(19-12)15(21)20-11-6-4-3-5-7-11;1-9-4-5-11-12(7-9)20-15(19-11)13-14(16)17-8-10(18-13)3-2-6-21;;;;;;;;;;/h6-7,9-10H,8H2,1-3H3,(H2,18,19)(H,21,22);3-6,8-9H,7H2,1-2H3,(H2,17,18)(H,20,21);5-6,8-9H,7H2,1-2H3,(H2,17,18)(H,20,21);3-7,10,22H,1-2H3,(H2,17,18)(H,20,21);4-5,7-8,21H,6H2,1H3,(H2,16,17)(H,19,20);10*1H/b;4-3+;;;;;;;;;;;;;. The second-order valence-corrected chi connectivity index (χ2v) is 25.1. The summed E-state index contributed by atoms with van der Waals surface area (Å²) in [5.41, 5.74) is 45.2. The van der Waals surface area contributed by atoms with Gasteiger partial charge in [-0.1, -0.05) is 72.2 Å². The van der Waals surface area contributed by atoms with Crippen molar-refractivity contribution in [3.8, 4) is 93.4 Å². The third kappa shape index (κ3) is 21.7. The number of hydrogen-bond acceptors (Lipinski definition) is 25. The van der Waals surface area contributed by atoms with Gasteiger partial charge in [-0.05, 0) is 168 Å². The number of hydrogen-bond donors (Lipinski definition) is 12. The number of benzene rings is 5. The normalized spacial score (nSPS) is 10.7.